The Morgan fingerprint density at radius 2 is 1.82 bits per heavy atom. The van der Waals surface area contributed by atoms with Gasteiger partial charge in [0.25, 0.3) is 0 Å². The van der Waals surface area contributed by atoms with E-state index in [1.807, 2.05) is 28.9 Å². The smallest absolute Gasteiger partial charge is 0.422 e. The molecule has 0 atom stereocenters. The highest BCUT2D eigenvalue weighted by Gasteiger charge is 2.52. The van der Waals surface area contributed by atoms with Crippen LogP contribution in [0.3, 0.4) is 0 Å². The molecule has 1 amide bonds. The Hall–Kier alpha value is -4.94. The lowest BCUT2D eigenvalue weighted by molar-refractivity contribution is -0.153. The molecule has 0 bridgehead atoms. The first-order chi connectivity index (χ1) is 26.5. The maximum atomic E-state index is 14.2. The summed E-state index contributed by atoms with van der Waals surface area (Å²) >= 11 is 0. The van der Waals surface area contributed by atoms with Gasteiger partial charge in [-0.25, -0.2) is 11.6 Å². The van der Waals surface area contributed by atoms with Gasteiger partial charge in [-0.1, -0.05) is 12.6 Å². The molecular formula is C40H44F3N9O3. The van der Waals surface area contributed by atoms with Crippen LogP contribution in [0.4, 0.5) is 24.9 Å². The van der Waals surface area contributed by atoms with E-state index in [0.29, 0.717) is 87.3 Å². The number of aromatic nitrogens is 4. The number of morpholine rings is 1. The predicted octanol–water partition coefficient (Wildman–Crippen LogP) is 5.73. The number of rotatable bonds is 9. The number of piperidine rings is 1. The van der Waals surface area contributed by atoms with Crippen molar-refractivity contribution in [2.45, 2.75) is 50.2 Å². The molecule has 9 rings (SSSR count). The normalized spacial score (nSPS) is 21.0. The highest BCUT2D eigenvalue weighted by Crippen LogP contribution is 2.53. The number of ether oxygens (including phenoxy) is 2. The number of hydrogen-bond donors (Lipinski definition) is 1. The van der Waals surface area contributed by atoms with Crippen molar-refractivity contribution in [3.05, 3.63) is 59.6 Å². The van der Waals surface area contributed by atoms with Gasteiger partial charge in [-0.15, -0.1) is 0 Å². The molecule has 1 aliphatic carbocycles. The number of carbonyl (C=O) groups excluding carboxylic acids is 1. The van der Waals surface area contributed by atoms with Gasteiger partial charge in [0.1, 0.15) is 16.9 Å². The molecule has 2 aromatic carbocycles. The summed E-state index contributed by atoms with van der Waals surface area (Å²) in [6, 6.07) is 5.99. The van der Waals surface area contributed by atoms with Gasteiger partial charge in [-0.2, -0.15) is 23.3 Å². The first kappa shape index (κ1) is 35.7. The molecule has 1 N–H and O–H groups in total. The number of nitrogens with zero attached hydrogens (tertiary/aromatic N) is 8. The maximum Gasteiger partial charge on any atom is 0.422 e. The summed E-state index contributed by atoms with van der Waals surface area (Å²) in [5.41, 5.74) is 3.96. The second kappa shape index (κ2) is 13.4. The van der Waals surface area contributed by atoms with E-state index >= 15 is 0 Å². The molecule has 55 heavy (non-hydrogen) atoms. The monoisotopic (exact) mass is 755 g/mol. The minimum absolute atomic E-state index is 0.0178. The minimum Gasteiger partial charge on any atom is -0.481 e. The number of amides is 1. The number of benzene rings is 2. The fraction of sp³-hybridized carbons (Fsp3) is 0.525. The Morgan fingerprint density at radius 3 is 2.49 bits per heavy atom. The second-order valence-corrected chi connectivity index (χ2v) is 16.1. The third-order valence-electron chi connectivity index (χ3n) is 12.4. The van der Waals surface area contributed by atoms with Crippen LogP contribution in [0.15, 0.2) is 37.1 Å². The van der Waals surface area contributed by atoms with Gasteiger partial charge < -0.3 is 29.0 Å². The van der Waals surface area contributed by atoms with Crippen LogP contribution in [-0.4, -0.2) is 126 Å². The van der Waals surface area contributed by atoms with Crippen molar-refractivity contribution < 1.29 is 27.4 Å². The molecule has 2 aromatic heterocycles. The summed E-state index contributed by atoms with van der Waals surface area (Å²) in [4.78, 5) is 34.9. The molecule has 15 heteroatoms. The number of carbonyl (C=O) groups is 1. The molecule has 4 saturated heterocycles. The number of aromatic amines is 1. The molecule has 288 valence electrons. The summed E-state index contributed by atoms with van der Waals surface area (Å²) in [6.45, 7) is 18.6. The van der Waals surface area contributed by atoms with Crippen LogP contribution in [0.2, 0.25) is 0 Å². The van der Waals surface area contributed by atoms with Crippen molar-refractivity contribution in [1.29, 1.82) is 0 Å². The summed E-state index contributed by atoms with van der Waals surface area (Å²) in [6.07, 6.45) is 2.00. The zero-order valence-corrected chi connectivity index (χ0v) is 30.9. The fourth-order valence-electron chi connectivity index (χ4n) is 9.29. The van der Waals surface area contributed by atoms with Gasteiger partial charge in [0.15, 0.2) is 12.4 Å². The topological polar surface area (TPSA) is 107 Å². The van der Waals surface area contributed by atoms with E-state index in [0.717, 1.165) is 66.4 Å². The molecule has 5 fully saturated rings. The molecule has 12 nitrogen and oxygen atoms in total. The fourth-order valence-corrected chi connectivity index (χ4v) is 9.29. The van der Waals surface area contributed by atoms with Crippen molar-refractivity contribution >= 4 is 39.5 Å². The molecule has 4 aromatic rings. The number of alkyl halides is 3. The summed E-state index contributed by atoms with van der Waals surface area (Å²) in [5, 5.41) is 8.79. The van der Waals surface area contributed by atoms with Crippen molar-refractivity contribution in [2.24, 2.45) is 5.41 Å². The van der Waals surface area contributed by atoms with Gasteiger partial charge >= 0.3 is 6.18 Å². The number of anilines is 2. The average molecular weight is 756 g/mol. The summed E-state index contributed by atoms with van der Waals surface area (Å²) < 4.78 is 54.1. The Labute approximate surface area is 317 Å². The van der Waals surface area contributed by atoms with Crippen LogP contribution < -0.4 is 14.5 Å². The zero-order valence-electron chi connectivity index (χ0n) is 30.9. The van der Waals surface area contributed by atoms with Crippen LogP contribution >= 0.6 is 0 Å². The quantitative estimate of drug-likeness (QED) is 0.170. The number of aryl methyl sites for hydroxylation is 1. The lowest BCUT2D eigenvalue weighted by atomic mass is 9.72. The van der Waals surface area contributed by atoms with Crippen LogP contribution in [0.25, 0.3) is 37.8 Å². The zero-order chi connectivity index (χ0) is 38.1. The molecule has 6 heterocycles. The third kappa shape index (κ3) is 6.33. The SMILES string of the molecule is [C-]#[N+]CC1(N2CCOCC2)CN(c2nc(N3CCC4(CC3)CN(C(=O)C=C)C4)c3cc(C4CC4)c(-c4c(C)ccc5[nH]ncc45)c(OCC(F)(F)F)c3n2)C1. The molecular weight excluding hydrogens is 711 g/mol. The Bertz CT molecular complexity index is 2200. The van der Waals surface area contributed by atoms with Gasteiger partial charge in [0.05, 0.1) is 24.9 Å². The van der Waals surface area contributed by atoms with E-state index in [2.05, 4.69) is 37.5 Å². The van der Waals surface area contributed by atoms with Crippen LogP contribution in [-0.2, 0) is 9.53 Å². The Morgan fingerprint density at radius 1 is 1.07 bits per heavy atom. The Kier molecular flexibility index (Phi) is 8.69. The van der Waals surface area contributed by atoms with Gasteiger partial charge in [-0.05, 0) is 73.4 Å². The predicted molar refractivity (Wildman–Crippen MR) is 202 cm³/mol. The van der Waals surface area contributed by atoms with E-state index in [1.165, 1.54) is 6.08 Å². The van der Waals surface area contributed by atoms with Gasteiger partial charge in [0, 0.05) is 74.1 Å². The first-order valence-corrected chi connectivity index (χ1v) is 19.1. The number of fused-ring (bicyclic) bond motifs is 2. The van der Waals surface area contributed by atoms with Gasteiger partial charge in [-0.3, -0.25) is 14.8 Å². The van der Waals surface area contributed by atoms with Crippen LogP contribution in [0.5, 0.6) is 5.75 Å². The minimum atomic E-state index is -4.59. The van der Waals surface area contributed by atoms with Crippen molar-refractivity contribution in [2.75, 3.05) is 88.5 Å². The molecule has 0 unspecified atom stereocenters. The molecule has 1 spiro atoms. The number of hydrogen-bond acceptors (Lipinski definition) is 9. The first-order valence-electron chi connectivity index (χ1n) is 19.1. The van der Waals surface area contributed by atoms with Crippen molar-refractivity contribution in [3.63, 3.8) is 0 Å². The number of halogens is 3. The van der Waals surface area contributed by atoms with Gasteiger partial charge in [0.2, 0.25) is 18.4 Å². The molecule has 4 aliphatic heterocycles. The van der Waals surface area contributed by atoms with Crippen LogP contribution in [0, 0.1) is 18.9 Å². The average Bonchev–Trinajstić information content (AvgIpc) is 3.89. The number of nitrogens with one attached hydrogen (secondary N) is 1. The molecule has 1 saturated carbocycles. The number of likely N-dealkylation sites (tertiary alicyclic amines) is 1. The second-order valence-electron chi connectivity index (χ2n) is 16.1. The molecule has 0 radical (unpaired) electrons. The van der Waals surface area contributed by atoms with Crippen molar-refractivity contribution in [3.8, 4) is 16.9 Å². The van der Waals surface area contributed by atoms with E-state index < -0.39 is 18.3 Å². The maximum absolute atomic E-state index is 14.2. The van der Waals surface area contributed by atoms with E-state index in [-0.39, 0.29) is 23.0 Å². The highest BCUT2D eigenvalue weighted by molar-refractivity contribution is 6.06. The van der Waals surface area contributed by atoms with E-state index in [9.17, 15) is 18.0 Å². The van der Waals surface area contributed by atoms with E-state index in [1.54, 1.807) is 6.20 Å². The van der Waals surface area contributed by atoms with Crippen molar-refractivity contribution in [1.82, 2.24) is 30.0 Å². The highest BCUT2D eigenvalue weighted by atomic mass is 19.4. The third-order valence-corrected chi connectivity index (χ3v) is 12.4. The van der Waals surface area contributed by atoms with Crippen LogP contribution in [0.1, 0.15) is 42.7 Å². The lowest BCUT2D eigenvalue weighted by Crippen LogP contribution is -2.73. The number of H-pyrrole nitrogens is 1. The summed E-state index contributed by atoms with van der Waals surface area (Å²) in [7, 11) is 0. The van der Waals surface area contributed by atoms with E-state index in [4.69, 9.17) is 26.0 Å². The lowest BCUT2D eigenvalue weighted by Gasteiger charge is -2.54. The molecule has 5 aliphatic rings. The Balaban J connectivity index is 1.20. The standard InChI is InChI=1S/C40H44F3N9O3/c1-4-31(53)50-20-38(21-50)9-11-49(12-10-38)36-28-17-27(26-6-7-26)33(32-25(2)5-8-30-29(32)18-45-48-30)35(55-24-40(41,42)43)34(28)46-37(47-36)51-22-39(23-51,19-44-3)52-13-15-54-16-14-52/h4-5,8,17-18,26H,1,6-7,9-16,19-24H2,2H3,(H,45,48). The summed E-state index contributed by atoms with van der Waals surface area (Å²) in [5.74, 6) is 1.27. The largest absolute Gasteiger partial charge is 0.481 e.